The van der Waals surface area contributed by atoms with Crippen LogP contribution in [0.15, 0.2) is 104 Å². The van der Waals surface area contributed by atoms with Crippen molar-refractivity contribution in [3.05, 3.63) is 120 Å². The molecule has 2 amide bonds. The number of anilines is 1. The third-order valence-corrected chi connectivity index (χ3v) is 7.80. The zero-order valence-electron chi connectivity index (χ0n) is 23.7. The molecular formula is C33H32N6O5. The third kappa shape index (κ3) is 6.20. The fourth-order valence-electron chi connectivity index (χ4n) is 5.47. The lowest BCUT2D eigenvalue weighted by Crippen LogP contribution is -2.33. The molecule has 0 saturated carbocycles. The number of imidazole rings is 1. The van der Waals surface area contributed by atoms with E-state index in [4.69, 9.17) is 4.74 Å². The highest BCUT2D eigenvalue weighted by Crippen LogP contribution is 2.34. The number of carbonyl (C=O) groups is 2. The van der Waals surface area contributed by atoms with Crippen LogP contribution in [0.2, 0.25) is 0 Å². The van der Waals surface area contributed by atoms with Crippen molar-refractivity contribution in [3.8, 4) is 0 Å². The Morgan fingerprint density at radius 2 is 1.48 bits per heavy atom. The smallest absolute Gasteiger partial charge is 0.256 e. The number of aromatic nitrogens is 4. The molecule has 0 aliphatic carbocycles. The number of aliphatic hydroxyl groups is 2. The van der Waals surface area contributed by atoms with E-state index >= 15 is 0 Å². The normalized spacial score (nSPS) is 19.7. The van der Waals surface area contributed by atoms with Crippen molar-refractivity contribution >= 4 is 28.8 Å². The van der Waals surface area contributed by atoms with Crippen molar-refractivity contribution < 1.29 is 24.5 Å². The number of ether oxygens (including phenoxy) is 1. The summed E-state index contributed by atoms with van der Waals surface area (Å²) in [6.45, 7) is 0.413. The number of benzene rings is 3. The Labute approximate surface area is 253 Å². The highest BCUT2D eigenvalue weighted by molar-refractivity contribution is 6.06. The Hall–Kier alpha value is -4.97. The van der Waals surface area contributed by atoms with E-state index in [1.54, 1.807) is 24.3 Å². The highest BCUT2D eigenvalue weighted by Gasteiger charge is 2.44. The molecule has 5 aromatic rings. The predicted molar refractivity (Wildman–Crippen MR) is 163 cm³/mol. The number of amides is 2. The minimum absolute atomic E-state index is 0.0141. The second kappa shape index (κ2) is 13.1. The van der Waals surface area contributed by atoms with Crippen LogP contribution in [0.1, 0.15) is 46.5 Å². The van der Waals surface area contributed by atoms with Gasteiger partial charge < -0.3 is 25.6 Å². The molecule has 0 radical (unpaired) electrons. The van der Waals surface area contributed by atoms with Gasteiger partial charge in [0.05, 0.1) is 12.4 Å². The summed E-state index contributed by atoms with van der Waals surface area (Å²) < 4.78 is 7.53. The summed E-state index contributed by atoms with van der Waals surface area (Å²) in [7, 11) is 0. The highest BCUT2D eigenvalue weighted by atomic mass is 16.6. The summed E-state index contributed by atoms with van der Waals surface area (Å²) in [5.41, 5.74) is 3.26. The second-order valence-corrected chi connectivity index (χ2v) is 10.6. The molecule has 44 heavy (non-hydrogen) atoms. The minimum atomic E-state index is -1.29. The number of carbonyl (C=O) groups excluding carboxylic acids is 2. The van der Waals surface area contributed by atoms with Crippen LogP contribution in [0.5, 0.6) is 0 Å². The van der Waals surface area contributed by atoms with E-state index in [1.807, 2.05) is 66.7 Å². The van der Waals surface area contributed by atoms with E-state index in [-0.39, 0.29) is 36.4 Å². The van der Waals surface area contributed by atoms with Crippen LogP contribution in [0, 0.1) is 0 Å². The summed E-state index contributed by atoms with van der Waals surface area (Å²) in [6.07, 6.45) is -1.34. The van der Waals surface area contributed by atoms with Crippen LogP contribution in [-0.4, -0.2) is 66.4 Å². The van der Waals surface area contributed by atoms with E-state index in [0.29, 0.717) is 23.3 Å². The van der Waals surface area contributed by atoms with Gasteiger partial charge in [-0.1, -0.05) is 78.9 Å². The molecule has 0 unspecified atom stereocenters. The molecule has 3 aromatic carbocycles. The first kappa shape index (κ1) is 29.1. The Kier molecular flexibility index (Phi) is 8.69. The molecule has 1 aliphatic heterocycles. The zero-order valence-corrected chi connectivity index (χ0v) is 23.7. The number of hydrogen-bond acceptors (Lipinski definition) is 8. The van der Waals surface area contributed by atoms with Gasteiger partial charge in [0.2, 0.25) is 5.91 Å². The number of aliphatic hydroxyl groups excluding tert-OH is 2. The number of nitrogens with one attached hydrogen (secondary N) is 2. The van der Waals surface area contributed by atoms with E-state index in [0.717, 1.165) is 11.1 Å². The maximum atomic E-state index is 12.9. The molecule has 4 atom stereocenters. The fraction of sp³-hybridized carbons (Fsp3) is 0.242. The molecule has 3 heterocycles. The molecule has 11 heteroatoms. The van der Waals surface area contributed by atoms with Gasteiger partial charge in [-0.3, -0.25) is 14.2 Å². The number of nitrogens with zero attached hydrogens (tertiary/aromatic N) is 4. The lowest BCUT2D eigenvalue weighted by molar-refractivity contribution is -0.122. The monoisotopic (exact) mass is 592 g/mol. The maximum Gasteiger partial charge on any atom is 0.256 e. The van der Waals surface area contributed by atoms with Gasteiger partial charge in [0, 0.05) is 24.4 Å². The average Bonchev–Trinajstić information content (AvgIpc) is 3.62. The van der Waals surface area contributed by atoms with Crippen molar-refractivity contribution in [3.63, 3.8) is 0 Å². The summed E-state index contributed by atoms with van der Waals surface area (Å²) in [4.78, 5) is 38.4. The summed E-state index contributed by atoms with van der Waals surface area (Å²) in [5.74, 6) is -0.354. The van der Waals surface area contributed by atoms with E-state index in [2.05, 4.69) is 25.6 Å². The molecule has 1 saturated heterocycles. The van der Waals surface area contributed by atoms with Crippen LogP contribution >= 0.6 is 0 Å². The lowest BCUT2D eigenvalue weighted by atomic mass is 9.91. The average molecular weight is 593 g/mol. The number of fused-ring (bicyclic) bond motifs is 1. The minimum Gasteiger partial charge on any atom is -0.388 e. The van der Waals surface area contributed by atoms with Crippen LogP contribution in [0.3, 0.4) is 0 Å². The largest absolute Gasteiger partial charge is 0.388 e. The molecule has 6 rings (SSSR count). The van der Waals surface area contributed by atoms with Crippen LogP contribution in [0.25, 0.3) is 11.2 Å². The van der Waals surface area contributed by atoms with Crippen molar-refractivity contribution in [1.29, 1.82) is 0 Å². The molecular weight excluding hydrogens is 560 g/mol. The van der Waals surface area contributed by atoms with Gasteiger partial charge >= 0.3 is 0 Å². The predicted octanol–water partition coefficient (Wildman–Crippen LogP) is 3.43. The molecule has 2 aromatic heterocycles. The van der Waals surface area contributed by atoms with Gasteiger partial charge in [-0.15, -0.1) is 0 Å². The number of rotatable bonds is 10. The topological polar surface area (TPSA) is 151 Å². The van der Waals surface area contributed by atoms with Gasteiger partial charge in [-0.2, -0.15) is 0 Å². The summed E-state index contributed by atoms with van der Waals surface area (Å²) in [6, 6.07) is 28.7. The maximum absolute atomic E-state index is 12.9. The standard InChI is InChI=1S/C33H32N6O5/c40-26(34-18-24(21-10-4-1-5-11-21)22-12-6-2-7-13-22)17-16-25-28(41)29(42)33(44-25)39-20-37-27-30(35-19-36-31(27)39)38-32(43)23-14-8-3-9-15-23/h1-15,19-20,24-25,28-29,33,41-42H,16-18H2,(H,34,40)(H,35,36,38,43)/t25-,28-,29-,33-/m1/s1. The molecule has 11 nitrogen and oxygen atoms in total. The first-order valence-corrected chi connectivity index (χ1v) is 14.4. The van der Waals surface area contributed by atoms with Gasteiger partial charge in [-0.05, 0) is 29.7 Å². The van der Waals surface area contributed by atoms with Crippen molar-refractivity contribution in [1.82, 2.24) is 24.8 Å². The van der Waals surface area contributed by atoms with Gasteiger partial charge in [0.1, 0.15) is 18.5 Å². The Morgan fingerprint density at radius 3 is 2.14 bits per heavy atom. The molecule has 0 bridgehead atoms. The van der Waals surface area contributed by atoms with Crippen molar-refractivity contribution in [2.24, 2.45) is 0 Å². The van der Waals surface area contributed by atoms with Crippen LogP contribution in [-0.2, 0) is 9.53 Å². The van der Waals surface area contributed by atoms with Gasteiger partial charge in [0.25, 0.3) is 5.91 Å². The molecule has 4 N–H and O–H groups in total. The lowest BCUT2D eigenvalue weighted by Gasteiger charge is -2.19. The summed E-state index contributed by atoms with van der Waals surface area (Å²) in [5, 5.41) is 27.4. The van der Waals surface area contributed by atoms with E-state index in [1.165, 1.54) is 17.2 Å². The second-order valence-electron chi connectivity index (χ2n) is 10.6. The van der Waals surface area contributed by atoms with Crippen molar-refractivity contribution in [2.75, 3.05) is 11.9 Å². The zero-order chi connectivity index (χ0) is 30.5. The Bertz CT molecular complexity index is 1680. The first-order valence-electron chi connectivity index (χ1n) is 14.4. The van der Waals surface area contributed by atoms with Crippen LogP contribution in [0.4, 0.5) is 5.82 Å². The Morgan fingerprint density at radius 1 is 0.841 bits per heavy atom. The molecule has 0 spiro atoms. The quantitative estimate of drug-likeness (QED) is 0.193. The SMILES string of the molecule is O=C(CC[C@H]1O[C@@H](n2cnc3c(NC(=O)c4ccccc4)ncnc32)[C@H](O)[C@@H]1O)NCC(c1ccccc1)c1ccccc1. The Balaban J connectivity index is 1.09. The molecule has 1 aliphatic rings. The van der Waals surface area contributed by atoms with Gasteiger partial charge in [0.15, 0.2) is 23.2 Å². The number of hydrogen-bond donors (Lipinski definition) is 4. The molecule has 1 fully saturated rings. The van der Waals surface area contributed by atoms with Gasteiger partial charge in [-0.25, -0.2) is 15.0 Å². The van der Waals surface area contributed by atoms with Crippen LogP contribution < -0.4 is 10.6 Å². The first-order chi connectivity index (χ1) is 21.5. The summed E-state index contributed by atoms with van der Waals surface area (Å²) >= 11 is 0. The van der Waals surface area contributed by atoms with E-state index < -0.39 is 24.5 Å². The van der Waals surface area contributed by atoms with E-state index in [9.17, 15) is 19.8 Å². The molecule has 224 valence electrons. The fourth-order valence-corrected chi connectivity index (χ4v) is 5.47. The van der Waals surface area contributed by atoms with Crippen molar-refractivity contribution in [2.45, 2.75) is 43.3 Å². The third-order valence-electron chi connectivity index (χ3n) is 7.80.